The van der Waals surface area contributed by atoms with Crippen LogP contribution in [0.3, 0.4) is 0 Å². The van der Waals surface area contributed by atoms with Crippen LogP contribution in [0.15, 0.2) is 12.4 Å². The number of aliphatic carboxylic acids is 1. The second kappa shape index (κ2) is 6.24. The van der Waals surface area contributed by atoms with Crippen molar-refractivity contribution in [1.29, 1.82) is 0 Å². The highest BCUT2D eigenvalue weighted by molar-refractivity contribution is 5.72. The van der Waals surface area contributed by atoms with Crippen LogP contribution in [0.4, 0.5) is 5.95 Å². The maximum Gasteiger partial charge on any atom is 0.323 e. The Labute approximate surface area is 101 Å². The fraction of sp³-hybridized carbons (Fsp3) is 0.636. The molecule has 1 aromatic heterocycles. The summed E-state index contributed by atoms with van der Waals surface area (Å²) in [5, 5.41) is 8.92. The van der Waals surface area contributed by atoms with Crippen LogP contribution in [0.25, 0.3) is 0 Å². The van der Waals surface area contributed by atoms with Crippen molar-refractivity contribution in [3.63, 3.8) is 0 Å². The smallest absolute Gasteiger partial charge is 0.323 e. The zero-order chi connectivity index (χ0) is 12.8. The van der Waals surface area contributed by atoms with E-state index in [2.05, 4.69) is 4.98 Å². The van der Waals surface area contributed by atoms with Crippen LogP contribution in [0.2, 0.25) is 0 Å². The standard InChI is InChI=1S/C11H20N4O2/c1-4-14-6-5-12-11(14)15(9-10(16)17)8-7-13(2)3/h5-6H,4,7-9H2,1-3H3,(H,16,17). The highest BCUT2D eigenvalue weighted by Gasteiger charge is 2.15. The highest BCUT2D eigenvalue weighted by atomic mass is 16.4. The number of carboxylic acid groups (broad SMARTS) is 1. The number of carboxylic acids is 1. The minimum Gasteiger partial charge on any atom is -0.480 e. The maximum atomic E-state index is 10.9. The van der Waals surface area contributed by atoms with Crippen LogP contribution in [0, 0.1) is 0 Å². The first kappa shape index (κ1) is 13.5. The fourth-order valence-corrected chi connectivity index (χ4v) is 1.57. The van der Waals surface area contributed by atoms with Gasteiger partial charge in [0.05, 0.1) is 0 Å². The summed E-state index contributed by atoms with van der Waals surface area (Å²) in [7, 11) is 3.93. The molecule has 0 unspecified atom stereocenters. The number of anilines is 1. The quantitative estimate of drug-likeness (QED) is 0.745. The average Bonchev–Trinajstić information content (AvgIpc) is 2.71. The Morgan fingerprint density at radius 3 is 2.71 bits per heavy atom. The molecule has 0 aliphatic heterocycles. The lowest BCUT2D eigenvalue weighted by Gasteiger charge is -2.24. The third-order valence-corrected chi connectivity index (χ3v) is 2.46. The van der Waals surface area contributed by atoms with Gasteiger partial charge < -0.3 is 19.5 Å². The molecule has 0 amide bonds. The van der Waals surface area contributed by atoms with Gasteiger partial charge in [-0.2, -0.15) is 0 Å². The van der Waals surface area contributed by atoms with E-state index in [9.17, 15) is 4.79 Å². The molecule has 96 valence electrons. The van der Waals surface area contributed by atoms with E-state index in [0.29, 0.717) is 6.54 Å². The van der Waals surface area contributed by atoms with Crippen molar-refractivity contribution < 1.29 is 9.90 Å². The van der Waals surface area contributed by atoms with Gasteiger partial charge in [-0.15, -0.1) is 0 Å². The van der Waals surface area contributed by atoms with Crippen molar-refractivity contribution in [3.8, 4) is 0 Å². The number of hydrogen-bond acceptors (Lipinski definition) is 4. The van der Waals surface area contributed by atoms with E-state index >= 15 is 0 Å². The molecule has 6 heteroatoms. The number of aromatic nitrogens is 2. The van der Waals surface area contributed by atoms with Gasteiger partial charge in [0.25, 0.3) is 0 Å². The second-order valence-electron chi connectivity index (χ2n) is 4.13. The normalized spacial score (nSPS) is 10.8. The van der Waals surface area contributed by atoms with Gasteiger partial charge in [0.15, 0.2) is 0 Å². The molecular weight excluding hydrogens is 220 g/mol. The third kappa shape index (κ3) is 4.07. The van der Waals surface area contributed by atoms with Gasteiger partial charge in [0, 0.05) is 32.0 Å². The SMILES string of the molecule is CCn1ccnc1N(CCN(C)C)CC(=O)O. The first-order valence-corrected chi connectivity index (χ1v) is 5.67. The third-order valence-electron chi connectivity index (χ3n) is 2.46. The van der Waals surface area contributed by atoms with Crippen molar-refractivity contribution in [2.24, 2.45) is 0 Å². The summed E-state index contributed by atoms with van der Waals surface area (Å²) in [6.45, 7) is 4.22. The Bertz CT molecular complexity index is 362. The van der Waals surface area contributed by atoms with E-state index in [1.807, 2.05) is 36.7 Å². The Hall–Kier alpha value is -1.56. The Kier molecular flexibility index (Phi) is 4.96. The number of imidazole rings is 1. The molecule has 0 spiro atoms. The number of nitrogens with zero attached hydrogens (tertiary/aromatic N) is 4. The van der Waals surface area contributed by atoms with E-state index in [1.165, 1.54) is 0 Å². The number of hydrogen-bond donors (Lipinski definition) is 1. The van der Waals surface area contributed by atoms with Gasteiger partial charge in [-0.3, -0.25) is 4.79 Å². The monoisotopic (exact) mass is 240 g/mol. The largest absolute Gasteiger partial charge is 0.480 e. The van der Waals surface area contributed by atoms with Crippen LogP contribution in [-0.4, -0.2) is 59.3 Å². The molecule has 1 N–H and O–H groups in total. The predicted octanol–water partition coefficient (Wildman–Crippen LogP) is 0.356. The first-order valence-electron chi connectivity index (χ1n) is 5.67. The van der Waals surface area contributed by atoms with Crippen molar-refractivity contribution in [2.45, 2.75) is 13.5 Å². The van der Waals surface area contributed by atoms with E-state index < -0.39 is 5.97 Å². The molecule has 0 aliphatic rings. The minimum absolute atomic E-state index is 0.0230. The Balaban J connectivity index is 2.78. The highest BCUT2D eigenvalue weighted by Crippen LogP contribution is 2.11. The number of rotatable bonds is 7. The van der Waals surface area contributed by atoms with Crippen LogP contribution < -0.4 is 4.90 Å². The summed E-state index contributed by atoms with van der Waals surface area (Å²) in [5.41, 5.74) is 0. The number of carbonyl (C=O) groups is 1. The lowest BCUT2D eigenvalue weighted by Crippen LogP contribution is -2.37. The van der Waals surface area contributed by atoms with Gasteiger partial charge in [-0.1, -0.05) is 0 Å². The van der Waals surface area contributed by atoms with Crippen LogP contribution in [0.1, 0.15) is 6.92 Å². The minimum atomic E-state index is -0.839. The molecule has 1 heterocycles. The summed E-state index contributed by atoms with van der Waals surface area (Å²) in [6.07, 6.45) is 3.56. The molecular formula is C11H20N4O2. The Morgan fingerprint density at radius 2 is 2.18 bits per heavy atom. The molecule has 0 bridgehead atoms. The van der Waals surface area contributed by atoms with Crippen molar-refractivity contribution in [2.75, 3.05) is 38.6 Å². The van der Waals surface area contributed by atoms with Crippen molar-refractivity contribution >= 4 is 11.9 Å². The summed E-state index contributed by atoms with van der Waals surface area (Å²) in [4.78, 5) is 18.9. The molecule has 0 atom stereocenters. The topological polar surface area (TPSA) is 61.6 Å². The van der Waals surface area contributed by atoms with Crippen molar-refractivity contribution in [3.05, 3.63) is 12.4 Å². The van der Waals surface area contributed by atoms with Gasteiger partial charge >= 0.3 is 5.97 Å². The molecule has 0 radical (unpaired) electrons. The van der Waals surface area contributed by atoms with Gasteiger partial charge in [0.2, 0.25) is 5.95 Å². The molecule has 0 fully saturated rings. The predicted molar refractivity (Wildman–Crippen MR) is 66.3 cm³/mol. The molecule has 0 aliphatic carbocycles. The number of aryl methyl sites for hydroxylation is 1. The summed E-state index contributed by atoms with van der Waals surface area (Å²) < 4.78 is 1.94. The number of likely N-dealkylation sites (N-methyl/N-ethyl adjacent to an activating group) is 1. The zero-order valence-corrected chi connectivity index (χ0v) is 10.6. The van der Waals surface area contributed by atoms with E-state index in [-0.39, 0.29) is 6.54 Å². The second-order valence-corrected chi connectivity index (χ2v) is 4.13. The van der Waals surface area contributed by atoms with Gasteiger partial charge in [-0.05, 0) is 21.0 Å². The first-order chi connectivity index (χ1) is 8.04. The van der Waals surface area contributed by atoms with Crippen molar-refractivity contribution in [1.82, 2.24) is 14.5 Å². The van der Waals surface area contributed by atoms with E-state index in [0.717, 1.165) is 19.0 Å². The lowest BCUT2D eigenvalue weighted by atomic mass is 10.4. The maximum absolute atomic E-state index is 10.9. The zero-order valence-electron chi connectivity index (χ0n) is 10.6. The molecule has 1 aromatic rings. The lowest BCUT2D eigenvalue weighted by molar-refractivity contribution is -0.135. The molecule has 17 heavy (non-hydrogen) atoms. The summed E-state index contributed by atoms with van der Waals surface area (Å²) in [6, 6.07) is 0. The van der Waals surface area contributed by atoms with Crippen LogP contribution in [-0.2, 0) is 11.3 Å². The molecule has 0 saturated carbocycles. The average molecular weight is 240 g/mol. The van der Waals surface area contributed by atoms with E-state index in [4.69, 9.17) is 5.11 Å². The summed E-state index contributed by atoms with van der Waals surface area (Å²) >= 11 is 0. The molecule has 1 rings (SSSR count). The van der Waals surface area contributed by atoms with Crippen LogP contribution >= 0.6 is 0 Å². The van der Waals surface area contributed by atoms with Gasteiger partial charge in [-0.25, -0.2) is 4.98 Å². The molecule has 0 aromatic carbocycles. The van der Waals surface area contributed by atoms with Crippen LogP contribution in [0.5, 0.6) is 0 Å². The fourth-order valence-electron chi connectivity index (χ4n) is 1.57. The molecule has 6 nitrogen and oxygen atoms in total. The van der Waals surface area contributed by atoms with Gasteiger partial charge in [0.1, 0.15) is 6.54 Å². The van der Waals surface area contributed by atoms with E-state index in [1.54, 1.807) is 11.1 Å². The Morgan fingerprint density at radius 1 is 1.47 bits per heavy atom. The molecule has 0 saturated heterocycles. The summed E-state index contributed by atoms with van der Waals surface area (Å²) in [5.74, 6) is -0.119.